The van der Waals surface area contributed by atoms with Crippen LogP contribution in [0.1, 0.15) is 11.1 Å². The van der Waals surface area contributed by atoms with Crippen LogP contribution in [0.4, 0.5) is 0 Å². The van der Waals surface area contributed by atoms with Crippen molar-refractivity contribution >= 4 is 51.9 Å². The summed E-state index contributed by atoms with van der Waals surface area (Å²) in [5, 5.41) is 8.16. The minimum atomic E-state index is -0.203. The fraction of sp³-hybridized carbons (Fsp3) is 0.0385. The van der Waals surface area contributed by atoms with E-state index in [9.17, 15) is 4.79 Å². The van der Waals surface area contributed by atoms with E-state index in [1.807, 2.05) is 91.1 Å². The zero-order valence-corrected chi connectivity index (χ0v) is 20.2. The van der Waals surface area contributed by atoms with Crippen molar-refractivity contribution in [2.24, 2.45) is 0 Å². The Morgan fingerprint density at radius 1 is 1.06 bits per heavy atom. The van der Waals surface area contributed by atoms with Crippen molar-refractivity contribution < 1.29 is 9.53 Å². The number of hydrogen-bond acceptors (Lipinski definition) is 5. The average Bonchev–Trinajstić information content (AvgIpc) is 3.42. The molecule has 5 nitrogen and oxygen atoms in total. The maximum atomic E-state index is 12.3. The number of carbonyl (C=O) groups excluding carboxylic acids is 1. The van der Waals surface area contributed by atoms with Crippen LogP contribution in [0, 0.1) is 0 Å². The molecule has 0 aliphatic carbocycles. The third-order valence-corrected chi connectivity index (χ3v) is 6.68. The number of thiocarbonyl (C=S) groups is 1. The molecule has 34 heavy (non-hydrogen) atoms. The summed E-state index contributed by atoms with van der Waals surface area (Å²) in [5.41, 5.74) is 4.22. The number of halogens is 1. The molecule has 1 saturated heterocycles. The first-order valence-corrected chi connectivity index (χ1v) is 12.0. The summed E-state index contributed by atoms with van der Waals surface area (Å²) in [6, 6.07) is 25.1. The Morgan fingerprint density at radius 3 is 2.62 bits per heavy atom. The van der Waals surface area contributed by atoms with Crippen LogP contribution in [0.25, 0.3) is 23.0 Å². The highest BCUT2D eigenvalue weighted by Gasteiger charge is 2.23. The van der Waals surface area contributed by atoms with E-state index in [-0.39, 0.29) is 5.91 Å². The number of para-hydroxylation sites is 1. The molecule has 1 aliphatic heterocycles. The van der Waals surface area contributed by atoms with Gasteiger partial charge in [0.15, 0.2) is 0 Å². The lowest BCUT2D eigenvalue weighted by Crippen LogP contribution is -2.17. The Bertz CT molecular complexity index is 1420. The van der Waals surface area contributed by atoms with Gasteiger partial charge >= 0.3 is 0 Å². The number of rotatable bonds is 6. The first-order valence-electron chi connectivity index (χ1n) is 10.4. The molecule has 0 radical (unpaired) electrons. The van der Waals surface area contributed by atoms with Crippen LogP contribution in [0.15, 0.2) is 90.0 Å². The lowest BCUT2D eigenvalue weighted by molar-refractivity contribution is -0.115. The van der Waals surface area contributed by atoms with Crippen molar-refractivity contribution in [3.8, 4) is 22.7 Å². The van der Waals surface area contributed by atoms with Crippen LogP contribution < -0.4 is 10.1 Å². The van der Waals surface area contributed by atoms with Crippen LogP contribution in [0.2, 0.25) is 5.02 Å². The Morgan fingerprint density at radius 2 is 1.85 bits per heavy atom. The normalized spacial score (nSPS) is 14.4. The summed E-state index contributed by atoms with van der Waals surface area (Å²) in [6.07, 6.45) is 3.72. The molecule has 0 spiro atoms. The van der Waals surface area contributed by atoms with Crippen molar-refractivity contribution in [1.29, 1.82) is 0 Å². The third-order valence-electron chi connectivity index (χ3n) is 5.15. The number of carbonyl (C=O) groups is 1. The van der Waals surface area contributed by atoms with Crippen LogP contribution in [-0.2, 0) is 11.4 Å². The molecule has 3 aromatic carbocycles. The summed E-state index contributed by atoms with van der Waals surface area (Å²) < 4.78 is 8.26. The summed E-state index contributed by atoms with van der Waals surface area (Å²) in [4.78, 5) is 12.8. The van der Waals surface area contributed by atoms with E-state index in [1.165, 1.54) is 11.8 Å². The molecular weight excluding hydrogens is 486 g/mol. The van der Waals surface area contributed by atoms with Gasteiger partial charge in [0, 0.05) is 27.9 Å². The molecule has 0 atom stereocenters. The number of amides is 1. The second-order valence-electron chi connectivity index (χ2n) is 7.47. The molecule has 1 aromatic heterocycles. The van der Waals surface area contributed by atoms with Crippen LogP contribution in [-0.4, -0.2) is 20.0 Å². The molecular formula is C26H18ClN3O2S2. The zero-order chi connectivity index (χ0) is 23.5. The van der Waals surface area contributed by atoms with Gasteiger partial charge in [-0.25, -0.2) is 4.68 Å². The summed E-state index contributed by atoms with van der Waals surface area (Å²) in [6.45, 7) is 0.354. The fourth-order valence-electron chi connectivity index (χ4n) is 3.50. The maximum absolute atomic E-state index is 12.3. The van der Waals surface area contributed by atoms with Crippen LogP contribution in [0.5, 0.6) is 5.75 Å². The van der Waals surface area contributed by atoms with E-state index in [2.05, 4.69) is 5.32 Å². The highest BCUT2D eigenvalue weighted by Crippen LogP contribution is 2.32. The van der Waals surface area contributed by atoms with E-state index in [0.717, 1.165) is 28.1 Å². The van der Waals surface area contributed by atoms with Gasteiger partial charge in [-0.1, -0.05) is 84.1 Å². The van der Waals surface area contributed by atoms with E-state index in [0.29, 0.717) is 26.6 Å². The van der Waals surface area contributed by atoms with Crippen molar-refractivity contribution in [2.45, 2.75) is 6.61 Å². The number of benzene rings is 3. The standard InChI is InChI=1S/C26H18ClN3O2S2/c27-22-12-5-4-7-18(22)16-32-21-11-6-8-17(13-21)24-19(14-23-25(31)28-26(33)34-23)15-30(29-24)20-9-2-1-3-10-20/h1-15H,16H2,(H,28,31,33)/b23-14-. The van der Waals surface area contributed by atoms with Gasteiger partial charge in [0.2, 0.25) is 0 Å². The molecule has 1 N–H and O–H groups in total. The Balaban J connectivity index is 1.51. The highest BCUT2D eigenvalue weighted by atomic mass is 35.5. The number of ether oxygens (including phenoxy) is 1. The second kappa shape index (κ2) is 9.85. The maximum Gasteiger partial charge on any atom is 0.263 e. The van der Waals surface area contributed by atoms with Gasteiger partial charge in [0.1, 0.15) is 22.4 Å². The molecule has 0 bridgehead atoms. The number of nitrogens with zero attached hydrogens (tertiary/aromatic N) is 2. The zero-order valence-electron chi connectivity index (χ0n) is 17.8. The molecule has 8 heteroatoms. The monoisotopic (exact) mass is 503 g/mol. The molecule has 4 aromatic rings. The molecule has 0 unspecified atom stereocenters. The third kappa shape index (κ3) is 4.92. The van der Waals surface area contributed by atoms with Crippen LogP contribution in [0.3, 0.4) is 0 Å². The van der Waals surface area contributed by atoms with Gasteiger partial charge in [0.25, 0.3) is 5.91 Å². The fourth-order valence-corrected chi connectivity index (χ4v) is 4.73. The molecule has 1 fully saturated rings. The summed E-state index contributed by atoms with van der Waals surface area (Å²) in [7, 11) is 0. The van der Waals surface area contributed by atoms with Crippen molar-refractivity contribution in [3.63, 3.8) is 0 Å². The first kappa shape index (κ1) is 22.4. The minimum Gasteiger partial charge on any atom is -0.489 e. The quantitative estimate of drug-likeness (QED) is 0.248. The van der Waals surface area contributed by atoms with Gasteiger partial charge in [0.05, 0.1) is 10.6 Å². The van der Waals surface area contributed by atoms with E-state index < -0.39 is 0 Å². The SMILES string of the molecule is O=C1NC(=S)S/C1=C\c1cn(-c2ccccc2)nc1-c1cccc(OCc2ccccc2Cl)c1. The highest BCUT2D eigenvalue weighted by molar-refractivity contribution is 8.26. The van der Waals surface area contributed by atoms with Crippen molar-refractivity contribution in [1.82, 2.24) is 15.1 Å². The predicted molar refractivity (Wildman–Crippen MR) is 141 cm³/mol. The number of hydrogen-bond donors (Lipinski definition) is 1. The molecule has 1 amide bonds. The number of nitrogens with one attached hydrogen (secondary N) is 1. The van der Waals surface area contributed by atoms with E-state index in [4.69, 9.17) is 33.7 Å². The van der Waals surface area contributed by atoms with Gasteiger partial charge in [-0.05, 0) is 36.4 Å². The van der Waals surface area contributed by atoms with Gasteiger partial charge in [-0.15, -0.1) is 0 Å². The lowest BCUT2D eigenvalue weighted by atomic mass is 10.1. The Kier molecular flexibility index (Phi) is 6.49. The lowest BCUT2D eigenvalue weighted by Gasteiger charge is -2.09. The predicted octanol–water partition coefficient (Wildman–Crippen LogP) is 6.26. The smallest absolute Gasteiger partial charge is 0.263 e. The van der Waals surface area contributed by atoms with Crippen LogP contribution >= 0.6 is 35.6 Å². The molecule has 0 saturated carbocycles. The molecule has 168 valence electrons. The average molecular weight is 504 g/mol. The minimum absolute atomic E-state index is 0.203. The molecule has 1 aliphatic rings. The topological polar surface area (TPSA) is 56.2 Å². The van der Waals surface area contributed by atoms with Gasteiger partial charge < -0.3 is 10.1 Å². The second-order valence-corrected chi connectivity index (χ2v) is 9.60. The Hall–Kier alpha value is -3.39. The first-order chi connectivity index (χ1) is 16.6. The van der Waals surface area contributed by atoms with Gasteiger partial charge in [-0.3, -0.25) is 4.79 Å². The van der Waals surface area contributed by atoms with E-state index >= 15 is 0 Å². The number of aromatic nitrogens is 2. The van der Waals surface area contributed by atoms with Gasteiger partial charge in [-0.2, -0.15) is 5.10 Å². The largest absolute Gasteiger partial charge is 0.489 e. The summed E-state index contributed by atoms with van der Waals surface area (Å²) in [5.74, 6) is 0.490. The Labute approximate surface area is 211 Å². The van der Waals surface area contributed by atoms with Crippen molar-refractivity contribution in [2.75, 3.05) is 0 Å². The summed E-state index contributed by atoms with van der Waals surface area (Å²) >= 11 is 12.6. The molecule has 2 heterocycles. The number of thioether (sulfide) groups is 1. The van der Waals surface area contributed by atoms with E-state index in [1.54, 1.807) is 4.68 Å². The molecule has 5 rings (SSSR count). The van der Waals surface area contributed by atoms with Crippen molar-refractivity contribution in [3.05, 3.63) is 106 Å².